The summed E-state index contributed by atoms with van der Waals surface area (Å²) in [7, 11) is 0. The Morgan fingerprint density at radius 2 is 2.38 bits per heavy atom. The van der Waals surface area contributed by atoms with Crippen molar-refractivity contribution < 1.29 is 0 Å². The van der Waals surface area contributed by atoms with Crippen molar-refractivity contribution in [3.63, 3.8) is 0 Å². The molecule has 1 atom stereocenters. The molecule has 0 spiro atoms. The summed E-state index contributed by atoms with van der Waals surface area (Å²) in [5, 5.41) is 2.81. The molecular weight excluding hydrogens is 204 g/mol. The lowest BCUT2D eigenvalue weighted by Gasteiger charge is -2.32. The molecule has 1 fully saturated rings. The average Bonchev–Trinajstić information content (AvgIpc) is 2.43. The van der Waals surface area contributed by atoms with Gasteiger partial charge in [-0.15, -0.1) is 11.3 Å². The smallest absolute Gasteiger partial charge is 0.0561 e. The van der Waals surface area contributed by atoms with E-state index in [2.05, 4.69) is 4.90 Å². The summed E-state index contributed by atoms with van der Waals surface area (Å²) >= 11 is 7.64. The van der Waals surface area contributed by atoms with E-state index in [1.54, 1.807) is 11.3 Å². The molecule has 2 N–H and O–H groups in total. The van der Waals surface area contributed by atoms with Gasteiger partial charge in [-0.2, -0.15) is 0 Å². The van der Waals surface area contributed by atoms with Gasteiger partial charge in [-0.05, 0) is 31.0 Å². The minimum Gasteiger partial charge on any atom is -0.322 e. The molecule has 0 aliphatic carbocycles. The largest absolute Gasteiger partial charge is 0.322 e. The fraction of sp³-hybridized carbons (Fsp3) is 0.556. The summed E-state index contributed by atoms with van der Waals surface area (Å²) in [6, 6.07) is 2.00. The molecule has 2 rings (SSSR count). The van der Waals surface area contributed by atoms with Crippen molar-refractivity contribution in [1.82, 2.24) is 4.90 Å². The first-order valence-electron chi connectivity index (χ1n) is 4.48. The molecule has 0 saturated carbocycles. The van der Waals surface area contributed by atoms with Gasteiger partial charge in [-0.1, -0.05) is 11.6 Å². The zero-order valence-electron chi connectivity index (χ0n) is 7.37. The number of halogens is 1. The minimum atomic E-state index is 0.0906. The summed E-state index contributed by atoms with van der Waals surface area (Å²) < 4.78 is 0. The van der Waals surface area contributed by atoms with Gasteiger partial charge in [0.1, 0.15) is 0 Å². The summed E-state index contributed by atoms with van der Waals surface area (Å²) in [5.74, 6) is 0. The summed E-state index contributed by atoms with van der Waals surface area (Å²) in [5.41, 5.74) is 6.03. The molecule has 4 heteroatoms. The maximum absolute atomic E-state index is 6.03. The van der Waals surface area contributed by atoms with Crippen LogP contribution in [0.1, 0.15) is 17.3 Å². The number of likely N-dealkylation sites (tertiary alicyclic amines) is 1. The van der Waals surface area contributed by atoms with Crippen molar-refractivity contribution in [2.24, 2.45) is 5.73 Å². The predicted molar refractivity (Wildman–Crippen MR) is 57.3 cm³/mol. The van der Waals surface area contributed by atoms with E-state index in [1.807, 2.05) is 11.4 Å². The standard InChI is InChI=1S/C9H13ClN2S/c10-7-2-5-13-9(7)8(11)6-12-3-1-4-12/h2,5,8H,1,3-4,6,11H2. The summed E-state index contributed by atoms with van der Waals surface area (Å²) in [4.78, 5) is 3.48. The van der Waals surface area contributed by atoms with E-state index in [-0.39, 0.29) is 6.04 Å². The molecule has 2 heterocycles. The molecular formula is C9H13ClN2S. The maximum atomic E-state index is 6.03. The topological polar surface area (TPSA) is 29.3 Å². The molecule has 0 amide bonds. The van der Waals surface area contributed by atoms with E-state index in [4.69, 9.17) is 17.3 Å². The van der Waals surface area contributed by atoms with Gasteiger partial charge in [0, 0.05) is 11.4 Å². The lowest BCUT2D eigenvalue weighted by Crippen LogP contribution is -2.41. The molecule has 13 heavy (non-hydrogen) atoms. The van der Waals surface area contributed by atoms with Crippen LogP contribution in [0.15, 0.2) is 11.4 Å². The zero-order chi connectivity index (χ0) is 9.26. The molecule has 2 nitrogen and oxygen atoms in total. The van der Waals surface area contributed by atoms with Crippen LogP contribution in [-0.2, 0) is 0 Å². The minimum absolute atomic E-state index is 0.0906. The van der Waals surface area contributed by atoms with Crippen LogP contribution >= 0.6 is 22.9 Å². The quantitative estimate of drug-likeness (QED) is 0.839. The highest BCUT2D eigenvalue weighted by molar-refractivity contribution is 7.10. The summed E-state index contributed by atoms with van der Waals surface area (Å²) in [6.45, 7) is 3.33. The molecule has 0 aromatic carbocycles. The van der Waals surface area contributed by atoms with Crippen molar-refractivity contribution >= 4 is 22.9 Å². The van der Waals surface area contributed by atoms with E-state index in [9.17, 15) is 0 Å². The molecule has 1 saturated heterocycles. The van der Waals surface area contributed by atoms with E-state index in [0.717, 1.165) is 16.4 Å². The first-order valence-corrected chi connectivity index (χ1v) is 5.74. The van der Waals surface area contributed by atoms with Crippen LogP contribution in [0, 0.1) is 0 Å². The normalized spacial score (nSPS) is 19.8. The Kier molecular flexibility index (Phi) is 2.89. The third-order valence-electron chi connectivity index (χ3n) is 2.39. The van der Waals surface area contributed by atoms with Crippen molar-refractivity contribution in [3.8, 4) is 0 Å². The molecule has 1 unspecified atom stereocenters. The summed E-state index contributed by atoms with van der Waals surface area (Å²) in [6.07, 6.45) is 1.31. The lowest BCUT2D eigenvalue weighted by atomic mass is 10.1. The van der Waals surface area contributed by atoms with E-state index < -0.39 is 0 Å². The van der Waals surface area contributed by atoms with Crippen molar-refractivity contribution in [2.75, 3.05) is 19.6 Å². The van der Waals surface area contributed by atoms with Gasteiger partial charge in [0.05, 0.1) is 11.1 Å². The number of thiophene rings is 1. The Balaban J connectivity index is 1.96. The van der Waals surface area contributed by atoms with Crippen LogP contribution in [-0.4, -0.2) is 24.5 Å². The van der Waals surface area contributed by atoms with Crippen LogP contribution in [0.25, 0.3) is 0 Å². The lowest BCUT2D eigenvalue weighted by molar-refractivity contribution is 0.171. The van der Waals surface area contributed by atoms with Gasteiger partial charge in [0.15, 0.2) is 0 Å². The molecule has 0 bridgehead atoms. The monoisotopic (exact) mass is 216 g/mol. The highest BCUT2D eigenvalue weighted by Gasteiger charge is 2.19. The van der Waals surface area contributed by atoms with Gasteiger partial charge in [0.25, 0.3) is 0 Å². The number of rotatable bonds is 3. The second-order valence-electron chi connectivity index (χ2n) is 3.39. The van der Waals surface area contributed by atoms with Gasteiger partial charge in [0.2, 0.25) is 0 Å². The maximum Gasteiger partial charge on any atom is 0.0561 e. The highest BCUT2D eigenvalue weighted by atomic mass is 35.5. The molecule has 1 aromatic heterocycles. The van der Waals surface area contributed by atoms with Gasteiger partial charge in [-0.3, -0.25) is 0 Å². The zero-order valence-corrected chi connectivity index (χ0v) is 8.94. The molecule has 1 aliphatic rings. The molecule has 1 aliphatic heterocycles. The van der Waals surface area contributed by atoms with E-state index in [1.165, 1.54) is 19.5 Å². The average molecular weight is 217 g/mol. The Hall–Kier alpha value is -0.0900. The van der Waals surface area contributed by atoms with E-state index in [0.29, 0.717) is 0 Å². The molecule has 1 aromatic rings. The molecule has 0 radical (unpaired) electrons. The van der Waals surface area contributed by atoms with Gasteiger partial charge >= 0.3 is 0 Å². The second kappa shape index (κ2) is 3.96. The van der Waals surface area contributed by atoms with Crippen LogP contribution in [0.4, 0.5) is 0 Å². The Morgan fingerprint density at radius 1 is 1.62 bits per heavy atom. The van der Waals surface area contributed by atoms with E-state index >= 15 is 0 Å². The Bertz CT molecular complexity index is 283. The first kappa shape index (κ1) is 9.46. The fourth-order valence-corrected chi connectivity index (χ4v) is 2.69. The predicted octanol–water partition coefficient (Wildman–Crippen LogP) is 2.11. The van der Waals surface area contributed by atoms with Crippen molar-refractivity contribution in [1.29, 1.82) is 0 Å². The van der Waals surface area contributed by atoms with Crippen molar-refractivity contribution in [2.45, 2.75) is 12.5 Å². The van der Waals surface area contributed by atoms with Gasteiger partial charge < -0.3 is 10.6 Å². The van der Waals surface area contributed by atoms with Crippen molar-refractivity contribution in [3.05, 3.63) is 21.3 Å². The fourth-order valence-electron chi connectivity index (χ4n) is 1.50. The Labute approximate surface area is 87.3 Å². The van der Waals surface area contributed by atoms with Gasteiger partial charge in [-0.25, -0.2) is 0 Å². The van der Waals surface area contributed by atoms with Crippen LogP contribution < -0.4 is 5.73 Å². The highest BCUT2D eigenvalue weighted by Crippen LogP contribution is 2.28. The third-order valence-corrected chi connectivity index (χ3v) is 3.88. The first-order chi connectivity index (χ1) is 6.27. The number of nitrogens with two attached hydrogens (primary N) is 1. The molecule has 72 valence electrons. The second-order valence-corrected chi connectivity index (χ2v) is 4.75. The van der Waals surface area contributed by atoms with Crippen LogP contribution in [0.3, 0.4) is 0 Å². The number of hydrogen-bond donors (Lipinski definition) is 1. The SMILES string of the molecule is NC(CN1CCC1)c1sccc1Cl. The number of nitrogens with zero attached hydrogens (tertiary/aromatic N) is 1. The van der Waals surface area contributed by atoms with Crippen LogP contribution in [0.2, 0.25) is 5.02 Å². The van der Waals surface area contributed by atoms with Crippen LogP contribution in [0.5, 0.6) is 0 Å². The Morgan fingerprint density at radius 3 is 2.85 bits per heavy atom. The number of hydrogen-bond acceptors (Lipinski definition) is 3. The third kappa shape index (κ3) is 2.05.